The molecule has 2 aromatic rings. The molecule has 4 nitrogen and oxygen atoms in total. The van der Waals surface area contributed by atoms with Crippen LogP contribution in [0.4, 0.5) is 0 Å². The van der Waals surface area contributed by atoms with Crippen molar-refractivity contribution in [3.63, 3.8) is 0 Å². The highest BCUT2D eigenvalue weighted by atomic mass is 79.9. The van der Waals surface area contributed by atoms with Gasteiger partial charge in [-0.3, -0.25) is 4.68 Å². The van der Waals surface area contributed by atoms with Crippen molar-refractivity contribution < 1.29 is 4.74 Å². The fourth-order valence-electron chi connectivity index (χ4n) is 2.10. The zero-order chi connectivity index (χ0) is 14.9. The Labute approximate surface area is 128 Å². The summed E-state index contributed by atoms with van der Waals surface area (Å²) in [6, 6.07) is 6.34. The molecule has 0 aliphatic carbocycles. The molecule has 2 rings (SSSR count). The maximum Gasteiger partial charge on any atom is 0.171 e. The van der Waals surface area contributed by atoms with Gasteiger partial charge in [0.25, 0.3) is 0 Å². The highest BCUT2D eigenvalue weighted by Gasteiger charge is 2.13. The molecule has 1 N–H and O–H groups in total. The number of rotatable bonds is 4. The highest BCUT2D eigenvalue weighted by Crippen LogP contribution is 2.32. The molecule has 0 amide bonds. The summed E-state index contributed by atoms with van der Waals surface area (Å²) >= 11 is 3.60. The summed E-state index contributed by atoms with van der Waals surface area (Å²) in [4.78, 5) is 0. The fraction of sp³-hybridized carbons (Fsp3) is 0.400. The van der Waals surface area contributed by atoms with Gasteiger partial charge in [-0.15, -0.1) is 0 Å². The molecule has 108 valence electrons. The summed E-state index contributed by atoms with van der Waals surface area (Å²) < 4.78 is 8.84. The SMILES string of the molecule is CNC(C)c1ccc(Oc2c(C)nn(C)c2C)cc1Br. The molecule has 0 aliphatic rings. The Morgan fingerprint density at radius 2 is 2.05 bits per heavy atom. The Morgan fingerprint density at radius 1 is 1.35 bits per heavy atom. The Morgan fingerprint density at radius 3 is 2.55 bits per heavy atom. The maximum atomic E-state index is 5.98. The van der Waals surface area contributed by atoms with Gasteiger partial charge in [-0.05, 0) is 45.5 Å². The lowest BCUT2D eigenvalue weighted by Crippen LogP contribution is -2.12. The van der Waals surface area contributed by atoms with Crippen molar-refractivity contribution in [1.29, 1.82) is 0 Å². The lowest BCUT2D eigenvalue weighted by Gasteiger charge is -2.14. The van der Waals surface area contributed by atoms with Crippen LogP contribution in [-0.2, 0) is 7.05 Å². The van der Waals surface area contributed by atoms with Crippen molar-refractivity contribution in [2.75, 3.05) is 7.05 Å². The summed E-state index contributed by atoms with van der Waals surface area (Å²) in [5.74, 6) is 1.64. The van der Waals surface area contributed by atoms with Crippen molar-refractivity contribution in [3.05, 3.63) is 39.6 Å². The summed E-state index contributed by atoms with van der Waals surface area (Å²) in [5, 5.41) is 7.59. The van der Waals surface area contributed by atoms with Crippen LogP contribution in [0.2, 0.25) is 0 Å². The molecule has 0 fully saturated rings. The van der Waals surface area contributed by atoms with E-state index in [1.165, 1.54) is 5.56 Å². The zero-order valence-corrected chi connectivity index (χ0v) is 14.1. The average Bonchev–Trinajstić information content (AvgIpc) is 2.65. The van der Waals surface area contributed by atoms with Gasteiger partial charge in [0.2, 0.25) is 0 Å². The molecule has 5 heteroatoms. The van der Waals surface area contributed by atoms with Crippen LogP contribution in [-0.4, -0.2) is 16.8 Å². The third-order valence-corrected chi connectivity index (χ3v) is 4.22. The lowest BCUT2D eigenvalue weighted by atomic mass is 10.1. The number of ether oxygens (including phenoxy) is 1. The van der Waals surface area contributed by atoms with Crippen molar-refractivity contribution in [2.24, 2.45) is 7.05 Å². The number of hydrogen-bond acceptors (Lipinski definition) is 3. The summed E-state index contributed by atoms with van der Waals surface area (Å²) in [5.41, 5.74) is 3.12. The molecule has 0 saturated carbocycles. The first-order valence-electron chi connectivity index (χ1n) is 6.58. The Balaban J connectivity index is 2.29. The van der Waals surface area contributed by atoms with Gasteiger partial charge in [0.15, 0.2) is 5.75 Å². The van der Waals surface area contributed by atoms with E-state index in [2.05, 4.69) is 39.3 Å². The predicted molar refractivity (Wildman–Crippen MR) is 84.4 cm³/mol. The predicted octanol–water partition coefficient (Wildman–Crippen LogP) is 3.87. The van der Waals surface area contributed by atoms with Crippen LogP contribution in [0, 0.1) is 13.8 Å². The summed E-state index contributed by atoms with van der Waals surface area (Å²) in [6.07, 6.45) is 0. The molecule has 1 unspecified atom stereocenters. The Bertz CT molecular complexity index is 622. The minimum atomic E-state index is 0.292. The van der Waals surface area contributed by atoms with Gasteiger partial charge < -0.3 is 10.1 Å². The number of halogens is 1. The molecule has 0 bridgehead atoms. The van der Waals surface area contributed by atoms with Gasteiger partial charge in [-0.2, -0.15) is 5.10 Å². The van der Waals surface area contributed by atoms with Crippen LogP contribution < -0.4 is 10.1 Å². The first-order chi connectivity index (χ1) is 9.43. The van der Waals surface area contributed by atoms with Gasteiger partial charge >= 0.3 is 0 Å². The van der Waals surface area contributed by atoms with E-state index in [4.69, 9.17) is 4.74 Å². The van der Waals surface area contributed by atoms with Crippen LogP contribution in [0.3, 0.4) is 0 Å². The van der Waals surface area contributed by atoms with E-state index in [0.29, 0.717) is 6.04 Å². The van der Waals surface area contributed by atoms with E-state index < -0.39 is 0 Å². The molecule has 1 aromatic carbocycles. The number of nitrogens with zero attached hydrogens (tertiary/aromatic N) is 2. The molecular formula is C15H20BrN3O. The third kappa shape index (κ3) is 2.88. The van der Waals surface area contributed by atoms with Gasteiger partial charge in [0.05, 0.1) is 5.69 Å². The van der Waals surface area contributed by atoms with E-state index in [1.54, 1.807) is 0 Å². The largest absolute Gasteiger partial charge is 0.453 e. The topological polar surface area (TPSA) is 39.1 Å². The number of aryl methyl sites for hydroxylation is 2. The van der Waals surface area contributed by atoms with E-state index in [0.717, 1.165) is 27.4 Å². The zero-order valence-electron chi connectivity index (χ0n) is 12.5. The monoisotopic (exact) mass is 337 g/mol. The molecule has 20 heavy (non-hydrogen) atoms. The van der Waals surface area contributed by atoms with Crippen LogP contribution in [0.5, 0.6) is 11.5 Å². The normalized spacial score (nSPS) is 12.5. The summed E-state index contributed by atoms with van der Waals surface area (Å²) in [7, 11) is 3.87. The third-order valence-electron chi connectivity index (χ3n) is 3.53. The second-order valence-electron chi connectivity index (χ2n) is 4.92. The minimum absolute atomic E-state index is 0.292. The molecule has 1 aromatic heterocycles. The van der Waals surface area contributed by atoms with Crippen LogP contribution in [0.25, 0.3) is 0 Å². The molecule has 0 saturated heterocycles. The van der Waals surface area contributed by atoms with E-state index in [1.807, 2.05) is 44.8 Å². The number of nitrogens with one attached hydrogen (secondary N) is 1. The molecule has 0 aliphatic heterocycles. The van der Waals surface area contributed by atoms with E-state index in [-0.39, 0.29) is 0 Å². The second kappa shape index (κ2) is 5.97. The van der Waals surface area contributed by atoms with Crippen molar-refractivity contribution in [2.45, 2.75) is 26.8 Å². The maximum absolute atomic E-state index is 5.98. The van der Waals surface area contributed by atoms with Gasteiger partial charge in [-0.1, -0.05) is 22.0 Å². The van der Waals surface area contributed by atoms with Crippen molar-refractivity contribution >= 4 is 15.9 Å². The van der Waals surface area contributed by atoms with Crippen LogP contribution in [0.15, 0.2) is 22.7 Å². The average molecular weight is 338 g/mol. The van der Waals surface area contributed by atoms with Crippen molar-refractivity contribution in [1.82, 2.24) is 15.1 Å². The highest BCUT2D eigenvalue weighted by molar-refractivity contribution is 9.10. The Hall–Kier alpha value is -1.33. The number of hydrogen-bond donors (Lipinski definition) is 1. The van der Waals surface area contributed by atoms with Gasteiger partial charge in [-0.25, -0.2) is 0 Å². The quantitative estimate of drug-likeness (QED) is 0.920. The molecule has 0 spiro atoms. The molecule has 1 atom stereocenters. The first-order valence-corrected chi connectivity index (χ1v) is 7.38. The van der Waals surface area contributed by atoms with Gasteiger partial charge in [0.1, 0.15) is 11.4 Å². The standard InChI is InChI=1S/C15H20BrN3O/c1-9(17-4)13-7-6-12(8-14(13)16)20-15-10(2)18-19(5)11(15)3/h6-9,17H,1-5H3. The fourth-order valence-corrected chi connectivity index (χ4v) is 2.80. The molecule has 0 radical (unpaired) electrons. The van der Waals surface area contributed by atoms with E-state index >= 15 is 0 Å². The first kappa shape index (κ1) is 15.1. The van der Waals surface area contributed by atoms with Crippen LogP contribution in [0.1, 0.15) is 29.9 Å². The lowest BCUT2D eigenvalue weighted by molar-refractivity contribution is 0.473. The Kier molecular flexibility index (Phi) is 4.50. The summed E-state index contributed by atoms with van der Waals surface area (Å²) in [6.45, 7) is 6.08. The smallest absolute Gasteiger partial charge is 0.171 e. The molecule has 1 heterocycles. The number of benzene rings is 1. The molecular weight excluding hydrogens is 318 g/mol. The number of aromatic nitrogens is 2. The van der Waals surface area contributed by atoms with E-state index in [9.17, 15) is 0 Å². The van der Waals surface area contributed by atoms with Crippen LogP contribution >= 0.6 is 15.9 Å². The minimum Gasteiger partial charge on any atom is -0.453 e. The van der Waals surface area contributed by atoms with Crippen molar-refractivity contribution in [3.8, 4) is 11.5 Å². The van der Waals surface area contributed by atoms with Gasteiger partial charge in [0, 0.05) is 17.6 Å². The second-order valence-corrected chi connectivity index (χ2v) is 5.77.